The summed E-state index contributed by atoms with van der Waals surface area (Å²) in [5.41, 5.74) is 1.22. The van der Waals surface area contributed by atoms with Crippen molar-refractivity contribution in [2.45, 2.75) is 0 Å². The summed E-state index contributed by atoms with van der Waals surface area (Å²) in [6.45, 7) is 3.13. The Hall–Kier alpha value is 1.46. The molecule has 7 heavy (non-hydrogen) atoms. The molecule has 0 aliphatic rings. The summed E-state index contributed by atoms with van der Waals surface area (Å²) in [7, 11) is 14.9. The molecule has 0 aromatic carbocycles. The standard InChI is InChI=1S/C2H3Cl.AsCl3/c1-2-3;2-1(3)4/h2H,1H2;. The normalized spacial score (nSPS) is 7.00. The van der Waals surface area contributed by atoms with Crippen LogP contribution in [0.25, 0.3) is 0 Å². The average Bonchev–Trinajstić information content (AvgIpc) is 1.33. The first-order valence-corrected chi connectivity index (χ1v) is 8.97. The molecule has 0 rings (SSSR count). The average molecular weight is 244 g/mol. The Labute approximate surface area is 65.1 Å². The molecule has 0 heterocycles. The van der Waals surface area contributed by atoms with Gasteiger partial charge in [0, 0.05) is 0 Å². The zero-order chi connectivity index (χ0) is 6.28. The fourth-order valence-corrected chi connectivity index (χ4v) is 0. The van der Waals surface area contributed by atoms with Crippen LogP contribution >= 0.6 is 41.4 Å². The molecule has 0 aromatic rings. The van der Waals surface area contributed by atoms with Gasteiger partial charge in [-0.15, -0.1) is 0 Å². The summed E-state index contributed by atoms with van der Waals surface area (Å²) in [6, 6.07) is 0. The van der Waals surface area contributed by atoms with Crippen molar-refractivity contribution in [3.63, 3.8) is 0 Å². The third-order valence-corrected chi connectivity index (χ3v) is 0. The minimum absolute atomic E-state index is 1.22. The number of hydrogen-bond donors (Lipinski definition) is 0. The van der Waals surface area contributed by atoms with Crippen molar-refractivity contribution >= 4 is 53.3 Å². The summed E-state index contributed by atoms with van der Waals surface area (Å²) in [5.74, 6) is 0. The second-order valence-electron chi connectivity index (χ2n) is 0.346. The Balaban J connectivity index is 0. The van der Waals surface area contributed by atoms with Gasteiger partial charge in [0.15, 0.2) is 0 Å². The van der Waals surface area contributed by atoms with Crippen LogP contribution in [0.15, 0.2) is 12.1 Å². The SMILES string of the molecule is C=CCl.Cl[As](Cl)Cl. The van der Waals surface area contributed by atoms with Gasteiger partial charge in [-0.25, -0.2) is 0 Å². The van der Waals surface area contributed by atoms with Crippen molar-refractivity contribution in [2.24, 2.45) is 0 Å². The van der Waals surface area contributed by atoms with E-state index in [1.807, 2.05) is 0 Å². The zero-order valence-corrected chi connectivity index (χ0v) is 8.14. The van der Waals surface area contributed by atoms with Crippen LogP contribution in [0.4, 0.5) is 0 Å². The summed E-state index contributed by atoms with van der Waals surface area (Å²) in [5, 5.41) is 0. The maximum atomic E-state index is 4.95. The summed E-state index contributed by atoms with van der Waals surface area (Å²) >= 11 is 2.99. The first kappa shape index (κ1) is 11.3. The predicted molar refractivity (Wildman–Crippen MR) is 39.4 cm³/mol. The van der Waals surface area contributed by atoms with Gasteiger partial charge in [-0.05, 0) is 5.54 Å². The fourth-order valence-electron chi connectivity index (χ4n) is 0. The molecular formula is C2H3AsCl4. The number of hydrogen-bond acceptors (Lipinski definition) is 0. The second kappa shape index (κ2) is 10.4. The van der Waals surface area contributed by atoms with Gasteiger partial charge in [-0.1, -0.05) is 18.2 Å². The zero-order valence-electron chi connectivity index (χ0n) is 3.24. The van der Waals surface area contributed by atoms with Crippen LogP contribution in [-0.2, 0) is 0 Å². The van der Waals surface area contributed by atoms with Gasteiger partial charge in [-0.2, -0.15) is 0 Å². The fraction of sp³-hybridized carbons (Fsp3) is 0. The van der Waals surface area contributed by atoms with E-state index >= 15 is 0 Å². The van der Waals surface area contributed by atoms with Gasteiger partial charge in [-0.3, -0.25) is 0 Å². The summed E-state index contributed by atoms with van der Waals surface area (Å²) in [6.07, 6.45) is 0. The Morgan fingerprint density at radius 3 is 1.29 bits per heavy atom. The van der Waals surface area contributed by atoms with Gasteiger partial charge in [0.1, 0.15) is 0 Å². The molecule has 0 spiro atoms. The number of rotatable bonds is 0. The molecule has 0 atom stereocenters. The Kier molecular flexibility index (Phi) is 16.8. The van der Waals surface area contributed by atoms with E-state index in [9.17, 15) is 0 Å². The molecule has 0 unspecified atom stereocenters. The molecule has 0 amide bonds. The first-order valence-electron chi connectivity index (χ1n) is 1.13. The third kappa shape index (κ3) is 104. The van der Waals surface area contributed by atoms with Crippen molar-refractivity contribution in [1.82, 2.24) is 0 Å². The van der Waals surface area contributed by atoms with E-state index in [1.165, 1.54) is 5.54 Å². The van der Waals surface area contributed by atoms with Crippen molar-refractivity contribution in [3.05, 3.63) is 12.1 Å². The molecule has 0 fully saturated rings. The van der Waals surface area contributed by atoms with E-state index < -0.39 is 11.8 Å². The maximum absolute atomic E-state index is 4.95. The van der Waals surface area contributed by atoms with Crippen LogP contribution in [0.2, 0.25) is 0 Å². The monoisotopic (exact) mass is 242 g/mol. The molecule has 0 nitrogen and oxygen atoms in total. The van der Waals surface area contributed by atoms with E-state index in [0.29, 0.717) is 0 Å². The minimum atomic E-state index is -1.77. The molecule has 0 aliphatic carbocycles. The molecule has 0 aromatic heterocycles. The molecule has 0 saturated carbocycles. The van der Waals surface area contributed by atoms with Crippen LogP contribution in [0.1, 0.15) is 0 Å². The van der Waals surface area contributed by atoms with E-state index in [1.54, 1.807) is 0 Å². The van der Waals surface area contributed by atoms with Gasteiger partial charge >= 0.3 is 41.7 Å². The molecular weight excluding hydrogens is 241 g/mol. The Morgan fingerprint density at radius 2 is 1.29 bits per heavy atom. The quantitative estimate of drug-likeness (QED) is 0.574. The predicted octanol–water partition coefficient (Wildman–Crippen LogP) is 3.06. The second-order valence-corrected chi connectivity index (χ2v) is 9.43. The van der Waals surface area contributed by atoms with E-state index in [-0.39, 0.29) is 0 Å². The van der Waals surface area contributed by atoms with Crippen LogP contribution in [-0.4, -0.2) is 11.8 Å². The molecule has 0 bridgehead atoms. The molecule has 0 N–H and O–H groups in total. The molecule has 44 valence electrons. The van der Waals surface area contributed by atoms with Gasteiger partial charge < -0.3 is 0 Å². The van der Waals surface area contributed by atoms with Crippen LogP contribution in [0, 0.1) is 0 Å². The molecule has 0 saturated heterocycles. The van der Waals surface area contributed by atoms with Crippen LogP contribution in [0.3, 0.4) is 0 Å². The Morgan fingerprint density at radius 1 is 1.29 bits per heavy atom. The molecule has 0 radical (unpaired) electrons. The van der Waals surface area contributed by atoms with E-state index in [2.05, 4.69) is 6.58 Å². The van der Waals surface area contributed by atoms with Gasteiger partial charge in [0.05, 0.1) is 0 Å². The Bertz CT molecular complexity index is 33.9. The summed E-state index contributed by atoms with van der Waals surface area (Å²) < 4.78 is 0. The van der Waals surface area contributed by atoms with Crippen molar-refractivity contribution in [3.8, 4) is 0 Å². The summed E-state index contributed by atoms with van der Waals surface area (Å²) in [4.78, 5) is 0. The van der Waals surface area contributed by atoms with Gasteiger partial charge in [0.2, 0.25) is 0 Å². The number of halogens is 4. The molecule has 5 heteroatoms. The van der Waals surface area contributed by atoms with Crippen LogP contribution < -0.4 is 0 Å². The van der Waals surface area contributed by atoms with E-state index in [4.69, 9.17) is 41.4 Å². The first-order chi connectivity index (χ1) is 3.15. The van der Waals surface area contributed by atoms with Crippen molar-refractivity contribution in [2.75, 3.05) is 0 Å². The van der Waals surface area contributed by atoms with E-state index in [0.717, 1.165) is 0 Å². The molecule has 0 aliphatic heterocycles. The topological polar surface area (TPSA) is 0 Å². The van der Waals surface area contributed by atoms with Crippen molar-refractivity contribution in [1.29, 1.82) is 0 Å². The van der Waals surface area contributed by atoms with Gasteiger partial charge in [0.25, 0.3) is 0 Å². The van der Waals surface area contributed by atoms with Crippen LogP contribution in [0.5, 0.6) is 0 Å². The third-order valence-electron chi connectivity index (χ3n) is 0. The van der Waals surface area contributed by atoms with Crippen molar-refractivity contribution < 1.29 is 0 Å².